The van der Waals surface area contributed by atoms with Gasteiger partial charge in [-0.25, -0.2) is 0 Å². The maximum Gasteiger partial charge on any atom is 0.435 e. The third-order valence-corrected chi connectivity index (χ3v) is 7.66. The Labute approximate surface area is 231 Å². The molecule has 13 heteroatoms. The van der Waals surface area contributed by atoms with Crippen LogP contribution in [0.4, 0.5) is 26.3 Å². The monoisotopic (exact) mass is 579 g/mol. The van der Waals surface area contributed by atoms with Crippen LogP contribution >= 0.6 is 0 Å². The predicted octanol–water partition coefficient (Wildman–Crippen LogP) is 5.53. The molecular weight excluding hydrogens is 552 g/mol. The van der Waals surface area contributed by atoms with E-state index in [0.29, 0.717) is 18.4 Å². The van der Waals surface area contributed by atoms with Crippen LogP contribution in [0, 0.1) is 0 Å². The molecule has 0 bridgehead atoms. The largest absolute Gasteiger partial charge is 0.435 e. The third-order valence-electron chi connectivity index (χ3n) is 7.66. The van der Waals surface area contributed by atoms with Crippen molar-refractivity contribution in [2.24, 2.45) is 0 Å². The number of carbonyl (C=O) groups is 2. The normalized spacial score (nSPS) is 18.2. The minimum absolute atomic E-state index is 0.0597. The van der Waals surface area contributed by atoms with Crippen LogP contribution in [-0.2, 0) is 30.1 Å². The van der Waals surface area contributed by atoms with Crippen molar-refractivity contribution in [3.05, 3.63) is 82.4 Å². The highest BCUT2D eigenvalue weighted by atomic mass is 19.4. The maximum atomic E-state index is 13.3. The first-order valence-electron chi connectivity index (χ1n) is 13.3. The molecule has 1 unspecified atom stereocenters. The van der Waals surface area contributed by atoms with E-state index < -0.39 is 36.2 Å². The summed E-state index contributed by atoms with van der Waals surface area (Å²) in [4.78, 5) is 31.8. The van der Waals surface area contributed by atoms with Gasteiger partial charge < -0.3 is 10.2 Å². The van der Waals surface area contributed by atoms with Gasteiger partial charge in [-0.05, 0) is 60.8 Å². The molecule has 1 aliphatic carbocycles. The van der Waals surface area contributed by atoms with Crippen LogP contribution in [0.3, 0.4) is 0 Å². The lowest BCUT2D eigenvalue weighted by atomic mass is 9.86. The molecule has 1 fully saturated rings. The summed E-state index contributed by atoms with van der Waals surface area (Å²) in [6.07, 6.45) is -5.14. The number of nitrogens with zero attached hydrogens (tertiary/aromatic N) is 4. The van der Waals surface area contributed by atoms with Gasteiger partial charge in [-0.1, -0.05) is 30.3 Å². The van der Waals surface area contributed by atoms with Crippen molar-refractivity contribution in [2.75, 3.05) is 13.1 Å². The summed E-state index contributed by atoms with van der Waals surface area (Å²) in [5.41, 5.74) is -0.0667. The first kappa shape index (κ1) is 28.6. The molecule has 218 valence electrons. The number of hydrogen-bond acceptors (Lipinski definition) is 4. The zero-order valence-corrected chi connectivity index (χ0v) is 21.8. The molecule has 2 aliphatic rings. The number of likely N-dealkylation sites (tertiary alicyclic amines) is 1. The van der Waals surface area contributed by atoms with Crippen molar-refractivity contribution in [3.8, 4) is 0 Å². The lowest BCUT2D eigenvalue weighted by Gasteiger charge is -2.33. The number of nitrogens with one attached hydrogen (secondary N) is 1. The summed E-state index contributed by atoms with van der Waals surface area (Å²) < 4.78 is 78.9. The number of alkyl halides is 6. The Morgan fingerprint density at radius 2 is 1.63 bits per heavy atom. The average molecular weight is 580 g/mol. The second kappa shape index (κ2) is 11.2. The van der Waals surface area contributed by atoms with Gasteiger partial charge in [0.05, 0.1) is 6.04 Å². The molecule has 2 amide bonds. The first-order valence-corrected chi connectivity index (χ1v) is 13.3. The van der Waals surface area contributed by atoms with Crippen LogP contribution < -0.4 is 5.32 Å². The number of halogens is 6. The second-order valence-corrected chi connectivity index (χ2v) is 10.3. The van der Waals surface area contributed by atoms with E-state index in [-0.39, 0.29) is 47.4 Å². The zero-order valence-electron chi connectivity index (χ0n) is 21.8. The van der Waals surface area contributed by atoms with E-state index in [0.717, 1.165) is 24.8 Å². The Kier molecular flexibility index (Phi) is 7.80. The summed E-state index contributed by atoms with van der Waals surface area (Å²) >= 11 is 0. The van der Waals surface area contributed by atoms with Crippen molar-refractivity contribution >= 4 is 11.8 Å². The molecule has 3 aromatic rings. The van der Waals surface area contributed by atoms with Crippen LogP contribution in [0.2, 0.25) is 0 Å². The van der Waals surface area contributed by atoms with Gasteiger partial charge in [0.1, 0.15) is 17.9 Å². The number of pyridine rings is 1. The fourth-order valence-electron chi connectivity index (χ4n) is 5.64. The van der Waals surface area contributed by atoms with Crippen LogP contribution in [0.15, 0.2) is 48.7 Å². The molecule has 1 saturated heterocycles. The molecule has 1 N–H and O–H groups in total. The Balaban J connectivity index is 1.25. The van der Waals surface area contributed by atoms with E-state index in [4.69, 9.17) is 0 Å². The zero-order chi connectivity index (χ0) is 29.4. The Morgan fingerprint density at radius 1 is 0.927 bits per heavy atom. The standard InChI is InChI=1S/C28H27F6N5O2/c29-27(30,31)22-15-23(28(32,33)34)39(37-22)16-24(40)38-13-10-18(11-14-38)20-8-4-12-35-25(20)26(41)36-21-9-3-6-17-5-1-2-7-19(17)21/h1-2,4-5,7-8,12,15,18,21H,3,6,9-11,13-14,16H2,(H,36,41). The van der Waals surface area contributed by atoms with Crippen molar-refractivity contribution in [1.29, 1.82) is 0 Å². The number of rotatable bonds is 5. The molecule has 0 radical (unpaired) electrons. The minimum Gasteiger partial charge on any atom is -0.344 e. The number of hydrogen-bond donors (Lipinski definition) is 1. The smallest absolute Gasteiger partial charge is 0.344 e. The SMILES string of the molecule is O=C(NC1CCCc2ccccc21)c1ncccc1C1CCN(C(=O)Cn2nc(C(F)(F)F)cc2C(F)(F)F)CC1. The van der Waals surface area contributed by atoms with E-state index in [1.807, 2.05) is 18.2 Å². The average Bonchev–Trinajstić information content (AvgIpc) is 3.39. The molecule has 1 aromatic carbocycles. The number of aryl methyl sites for hydroxylation is 1. The number of carbonyl (C=O) groups excluding carboxylic acids is 2. The molecule has 1 atom stereocenters. The maximum absolute atomic E-state index is 13.3. The van der Waals surface area contributed by atoms with Crippen LogP contribution in [0.25, 0.3) is 0 Å². The first-order chi connectivity index (χ1) is 19.4. The Bertz CT molecular complexity index is 1430. The topological polar surface area (TPSA) is 80.1 Å². The molecule has 5 rings (SSSR count). The molecular formula is C28H27F6N5O2. The van der Waals surface area contributed by atoms with Gasteiger partial charge in [-0.2, -0.15) is 31.4 Å². The van der Waals surface area contributed by atoms with E-state index in [1.165, 1.54) is 16.7 Å². The lowest BCUT2D eigenvalue weighted by Crippen LogP contribution is -2.40. The van der Waals surface area contributed by atoms with E-state index in [1.54, 1.807) is 12.1 Å². The fraction of sp³-hybridized carbons (Fsp3) is 0.429. The van der Waals surface area contributed by atoms with Crippen molar-refractivity contribution in [2.45, 2.75) is 63.0 Å². The van der Waals surface area contributed by atoms with E-state index >= 15 is 0 Å². The molecule has 1 aliphatic heterocycles. The summed E-state index contributed by atoms with van der Waals surface area (Å²) in [6, 6.07) is 11.3. The molecule has 0 spiro atoms. The van der Waals surface area contributed by atoms with Crippen LogP contribution in [0.5, 0.6) is 0 Å². The highest BCUT2D eigenvalue weighted by Gasteiger charge is 2.42. The number of benzene rings is 1. The van der Waals surface area contributed by atoms with Gasteiger partial charge in [0.15, 0.2) is 5.69 Å². The Hall–Kier alpha value is -3.90. The third kappa shape index (κ3) is 6.23. The van der Waals surface area contributed by atoms with E-state index in [2.05, 4.69) is 21.5 Å². The number of fused-ring (bicyclic) bond motifs is 1. The summed E-state index contributed by atoms with van der Waals surface area (Å²) in [5, 5.41) is 6.12. The van der Waals surface area contributed by atoms with Gasteiger partial charge in [0, 0.05) is 25.4 Å². The summed E-state index contributed by atoms with van der Waals surface area (Å²) in [6.45, 7) is -0.659. The molecule has 7 nitrogen and oxygen atoms in total. The Morgan fingerprint density at radius 3 is 2.34 bits per heavy atom. The lowest BCUT2D eigenvalue weighted by molar-refractivity contribution is -0.146. The highest BCUT2D eigenvalue weighted by Crippen LogP contribution is 2.36. The molecule has 2 aromatic heterocycles. The quantitative estimate of drug-likeness (QED) is 0.404. The number of aromatic nitrogens is 3. The van der Waals surface area contributed by atoms with Gasteiger partial charge in [-0.3, -0.25) is 19.3 Å². The van der Waals surface area contributed by atoms with Crippen LogP contribution in [-0.4, -0.2) is 44.6 Å². The van der Waals surface area contributed by atoms with Gasteiger partial charge in [0.25, 0.3) is 5.91 Å². The summed E-state index contributed by atoms with van der Waals surface area (Å²) in [7, 11) is 0. The number of amides is 2. The summed E-state index contributed by atoms with van der Waals surface area (Å²) in [5.74, 6) is -1.22. The van der Waals surface area contributed by atoms with E-state index in [9.17, 15) is 35.9 Å². The molecule has 0 saturated carbocycles. The molecule has 3 heterocycles. The van der Waals surface area contributed by atoms with Gasteiger partial charge >= 0.3 is 12.4 Å². The van der Waals surface area contributed by atoms with Gasteiger partial charge in [-0.15, -0.1) is 0 Å². The number of piperidine rings is 1. The second-order valence-electron chi connectivity index (χ2n) is 10.3. The van der Waals surface area contributed by atoms with Crippen LogP contribution in [0.1, 0.15) is 76.2 Å². The minimum atomic E-state index is -5.11. The fourth-order valence-corrected chi connectivity index (χ4v) is 5.64. The molecule has 41 heavy (non-hydrogen) atoms. The van der Waals surface area contributed by atoms with Gasteiger partial charge in [0.2, 0.25) is 5.91 Å². The predicted molar refractivity (Wildman–Crippen MR) is 135 cm³/mol. The highest BCUT2D eigenvalue weighted by molar-refractivity contribution is 5.94. The van der Waals surface area contributed by atoms with Crippen molar-refractivity contribution in [1.82, 2.24) is 25.0 Å². The van der Waals surface area contributed by atoms with Crippen molar-refractivity contribution in [3.63, 3.8) is 0 Å². The van der Waals surface area contributed by atoms with Crippen molar-refractivity contribution < 1.29 is 35.9 Å².